The second kappa shape index (κ2) is 27.6. The molecule has 0 saturated carbocycles. The summed E-state index contributed by atoms with van der Waals surface area (Å²) in [6, 6.07) is 18.4. The number of aliphatic carboxylic acids is 3. The molecule has 0 radical (unpaired) electrons. The molecule has 67 heavy (non-hydrogen) atoms. The molecule has 1 fully saturated rings. The zero-order chi connectivity index (χ0) is 48.8. The van der Waals surface area contributed by atoms with Crippen LogP contribution in [-0.2, 0) is 54.6 Å². The lowest BCUT2D eigenvalue weighted by Gasteiger charge is -2.30. The van der Waals surface area contributed by atoms with Gasteiger partial charge in [-0.3, -0.25) is 24.3 Å². The Labute approximate surface area is 397 Å². The number of benzene rings is 2. The van der Waals surface area contributed by atoms with Gasteiger partial charge in [0.1, 0.15) is 12.6 Å². The fraction of sp³-hybridized carbons (Fsp3) is 0.478. The molecule has 0 bridgehead atoms. The van der Waals surface area contributed by atoms with E-state index in [0.717, 1.165) is 39.8 Å². The molecule has 21 heteroatoms. The summed E-state index contributed by atoms with van der Waals surface area (Å²) in [5.41, 5.74) is 1.96. The fourth-order valence-corrected chi connectivity index (χ4v) is 8.30. The first kappa shape index (κ1) is 53.6. The Morgan fingerprint density at radius 1 is 0.836 bits per heavy atom. The molecule has 4 aromatic rings. The number of amides is 4. The molecule has 19 nitrogen and oxygen atoms in total. The van der Waals surface area contributed by atoms with Gasteiger partial charge in [-0.2, -0.15) is 0 Å². The second-order valence-electron chi connectivity index (χ2n) is 16.5. The van der Waals surface area contributed by atoms with Crippen LogP contribution in [0.15, 0.2) is 77.8 Å². The number of morpholine rings is 1. The number of carboxylic acid groups (broad SMARTS) is 3. The number of nitrogens with one attached hydrogen (secondary N) is 3. The van der Waals surface area contributed by atoms with Gasteiger partial charge < -0.3 is 50.8 Å². The fourth-order valence-electron chi connectivity index (χ4n) is 6.96. The van der Waals surface area contributed by atoms with Crippen molar-refractivity contribution in [3.8, 4) is 0 Å². The number of carbonyl (C=O) groups is 6. The molecule has 3 atom stereocenters. The maximum Gasteiger partial charge on any atom is 0.407 e. The van der Waals surface area contributed by atoms with E-state index in [-0.39, 0.29) is 30.6 Å². The normalized spacial score (nSPS) is 14.1. The van der Waals surface area contributed by atoms with Crippen molar-refractivity contribution >= 4 is 58.6 Å². The van der Waals surface area contributed by atoms with E-state index in [4.69, 9.17) is 29.9 Å². The Kier molecular flexibility index (Phi) is 22.1. The number of aromatic nitrogens is 2. The number of hydrogen-bond acceptors (Lipinski definition) is 14. The van der Waals surface area contributed by atoms with Gasteiger partial charge in [-0.05, 0) is 43.2 Å². The molecule has 1 saturated heterocycles. The lowest BCUT2D eigenvalue weighted by molar-refractivity contribution is -0.170. The molecular formula is C46H61N7O12S2. The predicted octanol–water partition coefficient (Wildman–Crippen LogP) is 4.75. The van der Waals surface area contributed by atoms with Crippen LogP contribution < -0.4 is 16.0 Å². The van der Waals surface area contributed by atoms with Crippen molar-refractivity contribution < 1.29 is 58.7 Å². The highest BCUT2D eigenvalue weighted by Gasteiger charge is 2.41. The Hall–Kier alpha value is -6.00. The highest BCUT2D eigenvalue weighted by atomic mass is 32.1. The van der Waals surface area contributed by atoms with Gasteiger partial charge in [0.15, 0.2) is 5.60 Å². The maximum absolute atomic E-state index is 14.2. The summed E-state index contributed by atoms with van der Waals surface area (Å²) in [4.78, 5) is 84.7. The molecule has 364 valence electrons. The van der Waals surface area contributed by atoms with Crippen LogP contribution in [0, 0.1) is 0 Å². The lowest BCUT2D eigenvalue weighted by Crippen LogP contribution is -2.54. The summed E-state index contributed by atoms with van der Waals surface area (Å²) >= 11 is 3.02. The van der Waals surface area contributed by atoms with Crippen LogP contribution in [0.2, 0.25) is 0 Å². The van der Waals surface area contributed by atoms with E-state index in [1.165, 1.54) is 11.3 Å². The standard InChI is InChI=1S/C40H53N7O5S2.C6H8O7/c1-29(2)38-43-34(27-53-38)25-46(3)39(49)45-36(16-17-47-18-20-51-21-19-47)37(48)42-32(22-30-10-6-4-7-11-30)14-15-33(23-31-12-8-5-9-13-31)44-40(50)52-26-35-24-41-28-54-35;7-3(8)1-6(13,5(11)12)2-4(9)10/h4-13,24,27-29,32-33,36H,14-23,25-26H2,1-3H3,(H,42,48)(H,44,50)(H,45,49);13H,1-2H2,(H,7,8)(H,9,10)(H,11,12). The number of carbonyl (C=O) groups excluding carboxylic acids is 3. The molecule has 2 aromatic heterocycles. The third-order valence-electron chi connectivity index (χ3n) is 10.6. The molecule has 1 aliphatic rings. The van der Waals surface area contributed by atoms with Crippen LogP contribution in [0.3, 0.4) is 0 Å². The first-order valence-electron chi connectivity index (χ1n) is 21.8. The zero-order valence-corrected chi connectivity index (χ0v) is 39.5. The smallest absolute Gasteiger partial charge is 0.407 e. The molecule has 5 rings (SSSR count). The minimum atomic E-state index is -2.74. The number of nitrogens with zero attached hydrogens (tertiary/aromatic N) is 4. The van der Waals surface area contributed by atoms with E-state index in [9.17, 15) is 28.8 Å². The minimum Gasteiger partial charge on any atom is -0.481 e. The van der Waals surface area contributed by atoms with Gasteiger partial charge in [-0.1, -0.05) is 74.5 Å². The molecule has 0 spiro atoms. The van der Waals surface area contributed by atoms with E-state index in [1.807, 2.05) is 66.0 Å². The van der Waals surface area contributed by atoms with E-state index in [0.29, 0.717) is 64.3 Å². The largest absolute Gasteiger partial charge is 0.481 e. The van der Waals surface area contributed by atoms with Gasteiger partial charge in [-0.25, -0.2) is 19.4 Å². The summed E-state index contributed by atoms with van der Waals surface area (Å²) in [5.74, 6) is -4.94. The highest BCUT2D eigenvalue weighted by Crippen LogP contribution is 2.21. The molecule has 4 amide bonds. The van der Waals surface area contributed by atoms with Crippen LogP contribution in [0.25, 0.3) is 0 Å². The number of urea groups is 1. The number of rotatable bonds is 24. The quantitative estimate of drug-likeness (QED) is 0.0499. The van der Waals surface area contributed by atoms with Crippen molar-refractivity contribution in [3.05, 3.63) is 104 Å². The molecular weight excluding hydrogens is 907 g/mol. The minimum absolute atomic E-state index is 0.150. The summed E-state index contributed by atoms with van der Waals surface area (Å²) < 4.78 is 11.1. The van der Waals surface area contributed by atoms with Crippen molar-refractivity contribution in [2.45, 2.75) is 102 Å². The summed E-state index contributed by atoms with van der Waals surface area (Å²) in [6.07, 6.45) is 1.71. The van der Waals surface area contributed by atoms with Crippen LogP contribution in [0.5, 0.6) is 0 Å². The van der Waals surface area contributed by atoms with E-state index in [2.05, 4.69) is 44.7 Å². The average molecular weight is 968 g/mol. The average Bonchev–Trinajstić information content (AvgIpc) is 4.00. The van der Waals surface area contributed by atoms with Crippen molar-refractivity contribution in [3.63, 3.8) is 0 Å². The van der Waals surface area contributed by atoms with E-state index < -0.39 is 48.5 Å². The number of hydrogen-bond donors (Lipinski definition) is 7. The van der Waals surface area contributed by atoms with Crippen LogP contribution in [0.1, 0.15) is 78.6 Å². The third kappa shape index (κ3) is 19.8. The number of carboxylic acids is 3. The van der Waals surface area contributed by atoms with Crippen LogP contribution in [-0.4, -0.2) is 140 Å². The number of aliphatic hydroxyl groups is 1. The number of ether oxygens (including phenoxy) is 2. The molecule has 2 aromatic carbocycles. The Morgan fingerprint density at radius 3 is 1.93 bits per heavy atom. The van der Waals surface area contributed by atoms with Gasteiger partial charge in [-0.15, -0.1) is 22.7 Å². The van der Waals surface area contributed by atoms with E-state index in [1.54, 1.807) is 35.0 Å². The Bertz CT molecular complexity index is 2140. The monoisotopic (exact) mass is 967 g/mol. The van der Waals surface area contributed by atoms with Gasteiger partial charge in [0.05, 0.1) is 53.7 Å². The van der Waals surface area contributed by atoms with Crippen LogP contribution >= 0.6 is 22.7 Å². The molecule has 7 N–H and O–H groups in total. The van der Waals surface area contributed by atoms with Crippen molar-refractivity contribution in [2.75, 3.05) is 39.9 Å². The number of thiazole rings is 2. The highest BCUT2D eigenvalue weighted by molar-refractivity contribution is 7.09. The van der Waals surface area contributed by atoms with Crippen molar-refractivity contribution in [2.24, 2.45) is 0 Å². The maximum atomic E-state index is 14.2. The Balaban J connectivity index is 0.000000656. The van der Waals surface area contributed by atoms with Crippen molar-refractivity contribution in [1.82, 2.24) is 35.7 Å². The third-order valence-corrected chi connectivity index (χ3v) is 12.5. The molecule has 3 unspecified atom stereocenters. The van der Waals surface area contributed by atoms with Gasteiger partial charge >= 0.3 is 30.0 Å². The summed E-state index contributed by atoms with van der Waals surface area (Å²) in [5, 5.41) is 46.2. The van der Waals surface area contributed by atoms with Crippen molar-refractivity contribution in [1.29, 1.82) is 0 Å². The summed E-state index contributed by atoms with van der Waals surface area (Å²) in [6.45, 7) is 8.19. The molecule has 0 aliphatic carbocycles. The number of alkyl carbamates (subject to hydrolysis) is 1. The predicted molar refractivity (Wildman–Crippen MR) is 250 cm³/mol. The topological polar surface area (TPSA) is 270 Å². The molecule has 3 heterocycles. The van der Waals surface area contributed by atoms with Gasteiger partial charge in [0, 0.05) is 56.3 Å². The first-order chi connectivity index (χ1) is 32.0. The SMILES string of the molecule is CC(C)c1nc(CN(C)C(=O)NC(CCN2CCOCC2)C(=O)NC(CCC(Cc2ccccc2)NC(=O)OCc2cncs2)Cc2ccccc2)cs1.O=C(O)CC(O)(CC(=O)O)C(=O)O. The summed E-state index contributed by atoms with van der Waals surface area (Å²) in [7, 11) is 1.72. The first-order valence-corrected chi connectivity index (χ1v) is 23.6. The second-order valence-corrected chi connectivity index (χ2v) is 18.3. The Morgan fingerprint density at radius 2 is 1.42 bits per heavy atom. The molecule has 1 aliphatic heterocycles. The van der Waals surface area contributed by atoms with Crippen LogP contribution in [0.4, 0.5) is 9.59 Å². The van der Waals surface area contributed by atoms with Gasteiger partial charge in [0.25, 0.3) is 0 Å². The zero-order valence-electron chi connectivity index (χ0n) is 37.9. The van der Waals surface area contributed by atoms with Gasteiger partial charge in [0.2, 0.25) is 5.91 Å². The van der Waals surface area contributed by atoms with E-state index >= 15 is 0 Å². The lowest BCUT2D eigenvalue weighted by atomic mass is 9.95.